The van der Waals surface area contributed by atoms with Gasteiger partial charge in [-0.25, -0.2) is 0 Å². The Labute approximate surface area is 104 Å². The second kappa shape index (κ2) is 4.05. The lowest BCUT2D eigenvalue weighted by molar-refractivity contribution is -0.119. The maximum absolute atomic E-state index is 11.6. The van der Waals surface area contributed by atoms with Crippen molar-refractivity contribution in [2.45, 2.75) is 5.25 Å². The van der Waals surface area contributed by atoms with Crippen molar-refractivity contribution in [3.05, 3.63) is 22.7 Å². The summed E-state index contributed by atoms with van der Waals surface area (Å²) in [6.07, 6.45) is 0. The predicted molar refractivity (Wildman–Crippen MR) is 65.8 cm³/mol. The van der Waals surface area contributed by atoms with Crippen LogP contribution in [0, 0.1) is 0 Å². The van der Waals surface area contributed by atoms with E-state index in [1.54, 1.807) is 0 Å². The Bertz CT molecular complexity index is 534. The number of carbonyl (C=O) groups excluding carboxylic acids is 2. The molecule has 7 heteroatoms. The molecule has 2 atom stereocenters. The molecule has 3 N–H and O–H groups in total. The van der Waals surface area contributed by atoms with Gasteiger partial charge in [0.05, 0.1) is 5.02 Å². The van der Waals surface area contributed by atoms with Gasteiger partial charge in [-0.1, -0.05) is 28.0 Å². The molecule has 0 radical (unpaired) electrons. The number of carbonyl (C=O) groups is 2. The van der Waals surface area contributed by atoms with E-state index in [-0.39, 0.29) is 5.02 Å². The number of benzene rings is 1. The van der Waals surface area contributed by atoms with Gasteiger partial charge in [-0.2, -0.15) is 0 Å². The van der Waals surface area contributed by atoms with Gasteiger partial charge in [0.2, 0.25) is 5.91 Å². The third-order valence-electron chi connectivity index (χ3n) is 2.35. The summed E-state index contributed by atoms with van der Waals surface area (Å²) in [5.41, 5.74) is 0.354. The third kappa shape index (κ3) is 1.89. The summed E-state index contributed by atoms with van der Waals surface area (Å²) >= 11 is 5.69. The number of phenols is 2. The second-order valence-electron chi connectivity index (χ2n) is 3.46. The number of hydrogen-bond donors (Lipinski definition) is 3. The molecule has 2 amide bonds. The molecule has 0 bridgehead atoms. The molecule has 1 aromatic carbocycles. The number of nitrogens with one attached hydrogen (secondary N) is 1. The third-order valence-corrected chi connectivity index (χ3v) is 4.28. The summed E-state index contributed by atoms with van der Waals surface area (Å²) < 4.78 is 0. The quantitative estimate of drug-likeness (QED) is 0.537. The minimum Gasteiger partial charge on any atom is -0.504 e. The minimum absolute atomic E-state index is 0.0795. The average Bonchev–Trinajstić information content (AvgIpc) is 2.49. The zero-order valence-electron chi connectivity index (χ0n) is 8.44. The average molecular weight is 274 g/mol. The molecule has 5 nitrogen and oxygen atoms in total. The molecule has 0 spiro atoms. The highest BCUT2D eigenvalue weighted by Gasteiger charge is 2.35. The van der Waals surface area contributed by atoms with Gasteiger partial charge in [0.15, 0.2) is 11.5 Å². The molecule has 1 aliphatic rings. The number of amides is 2. The van der Waals surface area contributed by atoms with Gasteiger partial charge in [0, 0.05) is 0 Å². The molecule has 1 saturated heterocycles. The van der Waals surface area contributed by atoms with E-state index in [2.05, 4.69) is 11.2 Å². The van der Waals surface area contributed by atoms with Gasteiger partial charge >= 0.3 is 0 Å². The van der Waals surface area contributed by atoms with Gasteiger partial charge in [0.25, 0.3) is 5.24 Å². The molecule has 0 aromatic heterocycles. The van der Waals surface area contributed by atoms with Crippen molar-refractivity contribution in [3.63, 3.8) is 0 Å². The van der Waals surface area contributed by atoms with E-state index in [0.717, 1.165) is 0 Å². The first-order valence-electron chi connectivity index (χ1n) is 4.50. The summed E-state index contributed by atoms with van der Waals surface area (Å²) in [5, 5.41) is 19.6. The Hall–Kier alpha value is -1.53. The first-order chi connectivity index (χ1) is 7.91. The molecule has 1 fully saturated rings. The Morgan fingerprint density at radius 3 is 2.47 bits per heavy atom. The fraction of sp³-hybridized carbons (Fsp3) is 0.100. The summed E-state index contributed by atoms with van der Waals surface area (Å²) in [6.45, 7) is 0. The fourth-order valence-corrected chi connectivity index (χ4v) is 2.99. The highest BCUT2D eigenvalue weighted by atomic mass is 35.5. The van der Waals surface area contributed by atoms with Crippen LogP contribution in [-0.2, 0) is 4.79 Å². The van der Waals surface area contributed by atoms with E-state index in [1.807, 2.05) is 0 Å². The highest BCUT2D eigenvalue weighted by Crippen LogP contribution is 2.43. The normalized spacial score (nSPS) is 23.8. The van der Waals surface area contributed by atoms with Gasteiger partial charge < -0.3 is 10.2 Å². The number of halogens is 1. The number of aromatic hydroxyl groups is 2. The lowest BCUT2D eigenvalue weighted by Crippen LogP contribution is -2.20. The van der Waals surface area contributed by atoms with E-state index < -0.39 is 38.4 Å². The molecule has 0 saturated carbocycles. The highest BCUT2D eigenvalue weighted by molar-refractivity contribution is 8.28. The Kier molecular flexibility index (Phi) is 2.84. The predicted octanol–water partition coefficient (Wildman–Crippen LogP) is 1.74. The van der Waals surface area contributed by atoms with Gasteiger partial charge in [-0.3, -0.25) is 14.9 Å². The van der Waals surface area contributed by atoms with Crippen LogP contribution in [0.5, 0.6) is 11.5 Å². The molecule has 1 aromatic rings. The van der Waals surface area contributed by atoms with Crippen molar-refractivity contribution >= 4 is 39.1 Å². The van der Waals surface area contributed by atoms with E-state index in [1.165, 1.54) is 12.1 Å². The minimum atomic E-state index is -1.06. The van der Waals surface area contributed by atoms with Crippen LogP contribution < -0.4 is 5.32 Å². The maximum atomic E-state index is 11.6. The van der Waals surface area contributed by atoms with Crippen molar-refractivity contribution in [3.8, 4) is 11.5 Å². The van der Waals surface area contributed by atoms with Crippen LogP contribution >= 0.6 is 22.1 Å². The Morgan fingerprint density at radius 1 is 1.35 bits per heavy atom. The molecule has 1 aliphatic heterocycles. The van der Waals surface area contributed by atoms with Crippen LogP contribution in [0.1, 0.15) is 10.8 Å². The number of imide groups is 1. The fourth-order valence-electron chi connectivity index (χ4n) is 1.54. The van der Waals surface area contributed by atoms with Crippen molar-refractivity contribution in [2.75, 3.05) is 0 Å². The van der Waals surface area contributed by atoms with Gasteiger partial charge in [0.1, 0.15) is 5.25 Å². The van der Waals surface area contributed by atoms with E-state index >= 15 is 0 Å². The summed E-state index contributed by atoms with van der Waals surface area (Å²) in [5.74, 6) is 2.25. The Balaban J connectivity index is 2.52. The Morgan fingerprint density at radius 2 is 2.00 bits per heavy atom. The van der Waals surface area contributed by atoms with Gasteiger partial charge in [-0.15, -0.1) is 0 Å². The largest absolute Gasteiger partial charge is 0.504 e. The molecule has 1 heterocycles. The second-order valence-corrected chi connectivity index (χ2v) is 5.56. The molecule has 0 aliphatic carbocycles. The molecule has 2 rings (SSSR count). The standard InChI is InChI=1S/C10H8ClNO4S/c1-17-8(9(15)12-10(17)16)4-2-5(11)7(14)6(13)3-4/h2-3,8,13-14H,1H2,(H,12,15,16). The smallest absolute Gasteiger partial charge is 0.280 e. The van der Waals surface area contributed by atoms with Crippen LogP contribution in [0.15, 0.2) is 12.1 Å². The number of phenolic OH excluding ortho intramolecular Hbond substituents is 2. The number of hydrogen-bond acceptors (Lipinski definition) is 4. The summed E-state index contributed by atoms with van der Waals surface area (Å²) in [7, 11) is -1.06. The SMILES string of the molecule is C=S1C(=O)NC(=O)C1c1cc(O)c(O)c(Cl)c1. The zero-order chi connectivity index (χ0) is 12.7. The lowest BCUT2D eigenvalue weighted by atomic mass is 10.1. The van der Waals surface area contributed by atoms with E-state index in [0.29, 0.717) is 5.56 Å². The van der Waals surface area contributed by atoms with E-state index in [9.17, 15) is 19.8 Å². The maximum Gasteiger partial charge on any atom is 0.280 e. The van der Waals surface area contributed by atoms with Crippen molar-refractivity contribution in [1.82, 2.24) is 5.32 Å². The first-order valence-corrected chi connectivity index (χ1v) is 6.34. The van der Waals surface area contributed by atoms with Crippen LogP contribution in [0.4, 0.5) is 4.79 Å². The number of rotatable bonds is 1. The van der Waals surface area contributed by atoms with Crippen molar-refractivity contribution in [1.29, 1.82) is 0 Å². The molecular weight excluding hydrogens is 266 g/mol. The van der Waals surface area contributed by atoms with Crippen molar-refractivity contribution < 1.29 is 19.8 Å². The van der Waals surface area contributed by atoms with Crippen molar-refractivity contribution in [2.24, 2.45) is 0 Å². The van der Waals surface area contributed by atoms with E-state index in [4.69, 9.17) is 11.6 Å². The van der Waals surface area contributed by atoms with Crippen LogP contribution in [0.25, 0.3) is 0 Å². The van der Waals surface area contributed by atoms with Crippen LogP contribution in [0.2, 0.25) is 5.02 Å². The summed E-state index contributed by atoms with van der Waals surface area (Å²) in [4.78, 5) is 22.8. The topological polar surface area (TPSA) is 86.6 Å². The molecular formula is C10H8ClNO4S. The van der Waals surface area contributed by atoms with Crippen LogP contribution in [0.3, 0.4) is 0 Å². The van der Waals surface area contributed by atoms with Gasteiger partial charge in [-0.05, 0) is 17.7 Å². The monoisotopic (exact) mass is 273 g/mol. The zero-order valence-corrected chi connectivity index (χ0v) is 10.0. The summed E-state index contributed by atoms with van der Waals surface area (Å²) in [6, 6.07) is 2.54. The van der Waals surface area contributed by atoms with Crippen LogP contribution in [-0.4, -0.2) is 27.2 Å². The molecule has 17 heavy (non-hydrogen) atoms. The molecule has 90 valence electrons. The molecule has 2 unspecified atom stereocenters. The lowest BCUT2D eigenvalue weighted by Gasteiger charge is -2.10. The first kappa shape index (κ1) is 11.9.